The number of nitrogens with zero attached hydrogens (tertiary/aromatic N) is 3. The molecule has 3 N–H and O–H groups in total. The molecule has 0 saturated carbocycles. The van der Waals surface area contributed by atoms with E-state index in [0.717, 1.165) is 31.6 Å². The van der Waals surface area contributed by atoms with E-state index >= 15 is 0 Å². The van der Waals surface area contributed by atoms with Gasteiger partial charge in [0, 0.05) is 37.2 Å². The highest BCUT2D eigenvalue weighted by molar-refractivity contribution is 5.86. The molecule has 0 radical (unpaired) electrons. The van der Waals surface area contributed by atoms with Crippen LogP contribution in [-0.2, 0) is 4.79 Å². The molecule has 23 heavy (non-hydrogen) atoms. The van der Waals surface area contributed by atoms with Crippen LogP contribution < -0.4 is 10.2 Å². The molecule has 6 nitrogen and oxygen atoms in total. The van der Waals surface area contributed by atoms with Crippen LogP contribution in [0.1, 0.15) is 25.7 Å². The molecule has 126 valence electrons. The van der Waals surface area contributed by atoms with Gasteiger partial charge in [-0.05, 0) is 56.8 Å². The van der Waals surface area contributed by atoms with Crippen LogP contribution >= 0.6 is 0 Å². The largest absolute Gasteiger partial charge is 0.412 e. The highest BCUT2D eigenvalue weighted by atomic mass is 16.2. The summed E-state index contributed by atoms with van der Waals surface area (Å²) < 4.78 is 0. The predicted molar refractivity (Wildman–Crippen MR) is 89.3 cm³/mol. The summed E-state index contributed by atoms with van der Waals surface area (Å²) in [6.45, 7) is 4.42. The normalized spacial score (nSPS) is 32.4. The highest BCUT2D eigenvalue weighted by Crippen LogP contribution is 2.29. The molecule has 4 aliphatic rings. The molecule has 5 heterocycles. The standard InChI is InChI=1S/C17H24N4O.H2O/c22-17(19-15-12-20-10-5-13(15)6-11-20)16-2-1-9-21(16)14-3-7-18-8-4-14;/h3-4,7-8,13,15-16H,1-2,5-6,9-12H2,(H,19,22);1H2/t15-,16+;/m1./s1. The number of anilines is 1. The molecule has 6 heteroatoms. The van der Waals surface area contributed by atoms with E-state index in [1.165, 1.54) is 25.9 Å². The minimum absolute atomic E-state index is 0. The number of hydrogen-bond acceptors (Lipinski definition) is 4. The predicted octanol–water partition coefficient (Wildman–Crippen LogP) is 0.436. The molecular weight excluding hydrogens is 292 g/mol. The summed E-state index contributed by atoms with van der Waals surface area (Å²) in [4.78, 5) is 21.6. The number of hydrogen-bond donors (Lipinski definition) is 1. The Kier molecular flexibility index (Phi) is 4.82. The summed E-state index contributed by atoms with van der Waals surface area (Å²) in [6, 6.07) is 4.34. The van der Waals surface area contributed by atoms with Gasteiger partial charge in [0.2, 0.25) is 5.91 Å². The van der Waals surface area contributed by atoms with Crippen molar-refractivity contribution in [3.63, 3.8) is 0 Å². The zero-order valence-corrected chi connectivity index (χ0v) is 13.4. The maximum atomic E-state index is 12.8. The van der Waals surface area contributed by atoms with Crippen molar-refractivity contribution in [2.24, 2.45) is 5.92 Å². The van der Waals surface area contributed by atoms with E-state index in [0.29, 0.717) is 12.0 Å². The molecule has 2 atom stereocenters. The Balaban J connectivity index is 0.00000156. The Morgan fingerprint density at radius 2 is 1.87 bits per heavy atom. The van der Waals surface area contributed by atoms with Gasteiger partial charge in [-0.25, -0.2) is 0 Å². The highest BCUT2D eigenvalue weighted by Gasteiger charge is 2.38. The Morgan fingerprint density at radius 1 is 1.13 bits per heavy atom. The number of nitrogens with one attached hydrogen (secondary N) is 1. The van der Waals surface area contributed by atoms with Gasteiger partial charge in [0.1, 0.15) is 6.04 Å². The number of carbonyl (C=O) groups is 1. The second kappa shape index (κ2) is 6.84. The SMILES string of the molecule is O.O=C(N[C@@H]1CN2CCC1CC2)[C@@H]1CCCN1c1ccncc1. The lowest BCUT2D eigenvalue weighted by atomic mass is 9.84. The zero-order valence-electron chi connectivity index (χ0n) is 13.4. The fourth-order valence-electron chi connectivity index (χ4n) is 4.29. The smallest absolute Gasteiger partial charge is 0.242 e. The van der Waals surface area contributed by atoms with Crippen LogP contribution in [0.2, 0.25) is 0 Å². The lowest BCUT2D eigenvalue weighted by Gasteiger charge is -2.45. The van der Waals surface area contributed by atoms with Crippen molar-refractivity contribution >= 4 is 11.6 Å². The first kappa shape index (κ1) is 16.2. The van der Waals surface area contributed by atoms with Crippen molar-refractivity contribution < 1.29 is 10.3 Å². The van der Waals surface area contributed by atoms with Crippen molar-refractivity contribution in [1.29, 1.82) is 0 Å². The molecular formula is C17H26N4O2. The lowest BCUT2D eigenvalue weighted by Crippen LogP contribution is -2.59. The van der Waals surface area contributed by atoms with Gasteiger partial charge in [-0.15, -0.1) is 0 Å². The van der Waals surface area contributed by atoms with E-state index < -0.39 is 0 Å². The van der Waals surface area contributed by atoms with Gasteiger partial charge in [0.05, 0.1) is 0 Å². The van der Waals surface area contributed by atoms with Gasteiger partial charge >= 0.3 is 0 Å². The Labute approximate surface area is 137 Å². The quantitative estimate of drug-likeness (QED) is 0.877. The van der Waals surface area contributed by atoms with Crippen LogP contribution in [0.4, 0.5) is 5.69 Å². The number of pyridine rings is 1. The van der Waals surface area contributed by atoms with Gasteiger partial charge in [-0.3, -0.25) is 9.78 Å². The van der Waals surface area contributed by atoms with Gasteiger partial charge in [-0.2, -0.15) is 0 Å². The zero-order chi connectivity index (χ0) is 14.9. The molecule has 4 fully saturated rings. The topological polar surface area (TPSA) is 80.0 Å². The number of rotatable bonds is 3. The molecule has 1 amide bonds. The summed E-state index contributed by atoms with van der Waals surface area (Å²) in [5.74, 6) is 0.901. The van der Waals surface area contributed by atoms with Crippen LogP contribution in [0.25, 0.3) is 0 Å². The van der Waals surface area contributed by atoms with Crippen LogP contribution in [-0.4, -0.2) is 59.5 Å². The van der Waals surface area contributed by atoms with Gasteiger partial charge in [0.25, 0.3) is 0 Å². The fraction of sp³-hybridized carbons (Fsp3) is 0.647. The van der Waals surface area contributed by atoms with Gasteiger partial charge in [0.15, 0.2) is 0 Å². The summed E-state index contributed by atoms with van der Waals surface area (Å²) in [7, 11) is 0. The summed E-state index contributed by atoms with van der Waals surface area (Å²) in [5, 5.41) is 3.35. The molecule has 4 aliphatic heterocycles. The third-order valence-corrected chi connectivity index (χ3v) is 5.53. The van der Waals surface area contributed by atoms with Crippen LogP contribution in [0.15, 0.2) is 24.5 Å². The third kappa shape index (κ3) is 3.19. The van der Waals surface area contributed by atoms with Crippen molar-refractivity contribution in [2.45, 2.75) is 37.8 Å². The van der Waals surface area contributed by atoms with Gasteiger partial charge < -0.3 is 20.6 Å². The fourth-order valence-corrected chi connectivity index (χ4v) is 4.29. The van der Waals surface area contributed by atoms with Crippen LogP contribution in [0.3, 0.4) is 0 Å². The average Bonchev–Trinajstić information content (AvgIpc) is 3.06. The molecule has 4 saturated heterocycles. The van der Waals surface area contributed by atoms with Crippen molar-refractivity contribution in [3.8, 4) is 0 Å². The monoisotopic (exact) mass is 318 g/mol. The molecule has 1 aromatic heterocycles. The third-order valence-electron chi connectivity index (χ3n) is 5.53. The summed E-state index contributed by atoms with van der Waals surface area (Å²) >= 11 is 0. The van der Waals surface area contributed by atoms with E-state index in [4.69, 9.17) is 0 Å². The first-order valence-corrected chi connectivity index (χ1v) is 8.50. The summed E-state index contributed by atoms with van der Waals surface area (Å²) in [6.07, 6.45) is 8.12. The first-order valence-electron chi connectivity index (χ1n) is 8.50. The van der Waals surface area contributed by atoms with E-state index in [2.05, 4.69) is 20.1 Å². The van der Waals surface area contributed by atoms with E-state index in [1.54, 1.807) is 12.4 Å². The Morgan fingerprint density at radius 3 is 2.52 bits per heavy atom. The number of amides is 1. The average molecular weight is 318 g/mol. The number of piperidine rings is 3. The molecule has 0 aromatic carbocycles. The van der Waals surface area contributed by atoms with E-state index in [1.807, 2.05) is 12.1 Å². The molecule has 0 spiro atoms. The van der Waals surface area contributed by atoms with Crippen molar-refractivity contribution in [1.82, 2.24) is 15.2 Å². The minimum atomic E-state index is -0.0159. The number of aromatic nitrogens is 1. The molecule has 1 aromatic rings. The van der Waals surface area contributed by atoms with Gasteiger partial charge in [-0.1, -0.05) is 0 Å². The Bertz CT molecular complexity index is 531. The Hall–Kier alpha value is -1.66. The van der Waals surface area contributed by atoms with Crippen molar-refractivity contribution in [2.75, 3.05) is 31.1 Å². The summed E-state index contributed by atoms with van der Waals surface area (Å²) in [5.41, 5.74) is 1.11. The molecule has 0 aliphatic carbocycles. The van der Waals surface area contributed by atoms with E-state index in [9.17, 15) is 4.79 Å². The number of carbonyl (C=O) groups excluding carboxylic acids is 1. The number of fused-ring (bicyclic) bond motifs is 3. The maximum absolute atomic E-state index is 12.8. The van der Waals surface area contributed by atoms with Crippen LogP contribution in [0, 0.1) is 5.92 Å². The van der Waals surface area contributed by atoms with E-state index in [-0.39, 0.29) is 17.4 Å². The molecule has 0 unspecified atom stereocenters. The van der Waals surface area contributed by atoms with Crippen molar-refractivity contribution in [3.05, 3.63) is 24.5 Å². The molecule has 2 bridgehead atoms. The minimum Gasteiger partial charge on any atom is -0.412 e. The maximum Gasteiger partial charge on any atom is 0.242 e. The van der Waals surface area contributed by atoms with Crippen LogP contribution in [0.5, 0.6) is 0 Å². The second-order valence-corrected chi connectivity index (χ2v) is 6.81. The lowest BCUT2D eigenvalue weighted by molar-refractivity contribution is -0.124. The second-order valence-electron chi connectivity index (χ2n) is 6.81. The first-order chi connectivity index (χ1) is 10.8. The molecule has 5 rings (SSSR count).